The molecule has 17 nitrogen and oxygen atoms in total. The van der Waals surface area contributed by atoms with Gasteiger partial charge in [-0.1, -0.05) is 93.1 Å². The average Bonchev–Trinajstić information content (AvgIpc) is 3.44. The first-order valence-electron chi connectivity index (χ1n) is 28.0. The highest BCUT2D eigenvalue weighted by molar-refractivity contribution is 5.90. The first kappa shape index (κ1) is 62.0. The summed E-state index contributed by atoms with van der Waals surface area (Å²) in [4.78, 5) is 49.4. The maximum Gasteiger partial charge on any atom is 0.338 e. The summed E-state index contributed by atoms with van der Waals surface area (Å²) in [6.45, 7) is 17.8. The van der Waals surface area contributed by atoms with Crippen LogP contribution in [0.2, 0.25) is 0 Å². The van der Waals surface area contributed by atoms with Gasteiger partial charge in [0.1, 0.15) is 17.3 Å². The number of methoxy groups -OCH3 is 1. The number of esters is 3. The topological polar surface area (TPSA) is 217 Å². The number of para-hydroxylation sites is 1. The van der Waals surface area contributed by atoms with E-state index in [4.69, 9.17) is 48.4 Å². The normalized spacial score (nSPS) is 34.9. The number of hydrogen-bond donors (Lipinski definition) is 3. The molecule has 17 atom stereocenters. The van der Waals surface area contributed by atoms with Crippen LogP contribution in [0, 0.1) is 17.8 Å². The molecule has 0 bridgehead atoms. The van der Waals surface area contributed by atoms with Gasteiger partial charge in [0.25, 0.3) is 0 Å². The number of aromatic nitrogens is 1. The number of benzene rings is 3. The lowest BCUT2D eigenvalue weighted by Gasteiger charge is -2.50. The van der Waals surface area contributed by atoms with E-state index in [9.17, 15) is 19.8 Å². The highest BCUT2D eigenvalue weighted by atomic mass is 16.7. The molecule has 7 rings (SSSR count). The molecular formula is C63H85N3O14. The smallest absolute Gasteiger partial charge is 0.338 e. The average molecular weight is 1110 g/mol. The van der Waals surface area contributed by atoms with Crippen LogP contribution in [0.4, 0.5) is 0 Å². The Balaban J connectivity index is 1.37. The number of hydrogen-bond acceptors (Lipinski definition) is 17. The predicted octanol–water partition coefficient (Wildman–Crippen LogP) is 8.83. The number of aliphatic hydroxyl groups is 2. The summed E-state index contributed by atoms with van der Waals surface area (Å²) in [7, 11) is 5.35. The van der Waals surface area contributed by atoms with E-state index in [2.05, 4.69) is 4.98 Å². The number of pyridine rings is 1. The number of likely N-dealkylation sites (N-methyl/N-ethyl adjacent to an activating group) is 1. The van der Waals surface area contributed by atoms with E-state index in [1.165, 1.54) is 14.0 Å². The number of fused-ring (bicyclic) bond motifs is 1. The molecule has 1 unspecified atom stereocenters. The third-order valence-electron chi connectivity index (χ3n) is 16.6. The van der Waals surface area contributed by atoms with Gasteiger partial charge in [-0.3, -0.25) is 9.78 Å². The molecule has 4 aromatic rings. The van der Waals surface area contributed by atoms with Gasteiger partial charge < -0.3 is 63.5 Å². The van der Waals surface area contributed by atoms with E-state index >= 15 is 4.79 Å². The largest absolute Gasteiger partial charge is 0.459 e. The Kier molecular flexibility index (Phi) is 20.6. The summed E-state index contributed by atoms with van der Waals surface area (Å²) >= 11 is 0. The van der Waals surface area contributed by atoms with E-state index in [0.29, 0.717) is 23.1 Å². The van der Waals surface area contributed by atoms with Gasteiger partial charge in [0.15, 0.2) is 24.8 Å². The number of carbonyl (C=O) groups excluding carboxylic acids is 3. The van der Waals surface area contributed by atoms with Crippen LogP contribution in [-0.2, 0) is 47.4 Å². The molecular weight excluding hydrogens is 1020 g/mol. The minimum Gasteiger partial charge on any atom is -0.459 e. The van der Waals surface area contributed by atoms with Gasteiger partial charge in [0, 0.05) is 49.1 Å². The fourth-order valence-corrected chi connectivity index (χ4v) is 11.8. The van der Waals surface area contributed by atoms with Gasteiger partial charge >= 0.3 is 17.9 Å². The summed E-state index contributed by atoms with van der Waals surface area (Å²) < 4.78 is 60.3. The van der Waals surface area contributed by atoms with E-state index < -0.39 is 108 Å². The van der Waals surface area contributed by atoms with Gasteiger partial charge in [-0.25, -0.2) is 9.59 Å². The maximum atomic E-state index is 15.0. The standard InChI is InChI=1S/C63H85N3O14/c1-14-49-63(10,71)54(67)39(4)51(64)37(2)34-62(9,73-31-23-24-43-33-46-29-21-22-30-47(46)65-36-43)55(80-60-53(48(66(11)12)32-38(3)74-60)78-58(69)44-25-17-15-18-26-44)40(5)52(41(6)57(68)76-49)77-50-35-61(8,72-13)56(42(7)75-50)79-59(70)45-27-19-16-20-28-45/h15-30,33,36,38-42,48-50,52-56,60,67,71H,14,31-32,34-35,64H2,1-13H3/t38-,39+,40+,41-,42+,48+,49-,50?,52+,53-,54-,55-,56+,60+,61-,62+,63-/m1/s1. The fourth-order valence-electron chi connectivity index (χ4n) is 11.8. The molecule has 3 aliphatic heterocycles. The molecule has 0 amide bonds. The number of carbonyl (C=O) groups is 3. The van der Waals surface area contributed by atoms with E-state index in [1.807, 2.05) is 108 Å². The van der Waals surface area contributed by atoms with Crippen molar-refractivity contribution in [3.63, 3.8) is 0 Å². The van der Waals surface area contributed by atoms with Crippen molar-refractivity contribution in [2.24, 2.45) is 23.5 Å². The zero-order valence-electron chi connectivity index (χ0n) is 48.8. The molecule has 0 radical (unpaired) electrons. The molecule has 0 spiro atoms. The second-order valence-electron chi connectivity index (χ2n) is 23.0. The van der Waals surface area contributed by atoms with Crippen molar-refractivity contribution in [2.75, 3.05) is 27.8 Å². The number of cyclic esters (lactones) is 1. The Morgan fingerprint density at radius 1 is 0.838 bits per heavy atom. The third-order valence-corrected chi connectivity index (χ3v) is 16.6. The summed E-state index contributed by atoms with van der Waals surface area (Å²) in [5, 5.41) is 25.2. The van der Waals surface area contributed by atoms with Crippen LogP contribution in [0.3, 0.4) is 0 Å². The Hall–Kier alpha value is -5.60. The molecule has 17 heteroatoms. The van der Waals surface area contributed by atoms with Crippen LogP contribution in [0.15, 0.2) is 115 Å². The van der Waals surface area contributed by atoms with Crippen molar-refractivity contribution in [2.45, 2.75) is 179 Å². The lowest BCUT2D eigenvalue weighted by molar-refractivity contribution is -0.318. The SMILES string of the molecule is CC[C@H]1OC(=O)[C@H](C)[C@@H](OC2C[C@@](C)(OC)[C@@H](OC(=O)c3ccccc3)[C@H](C)O2)[C@H](C)[C@@H](O[C@@H]2O[C@H](C)C[C@H](N(C)C)[C@H]2OC(=O)c2ccccc2)[C@@](C)(OCC=Cc2cnc3ccccc3c2)CC(C)=C(N)[C@H](C)[C@@H](O)[C@]1(C)O. The maximum absolute atomic E-state index is 15.0. The number of ether oxygens (including phenoxy) is 9. The monoisotopic (exact) mass is 1110 g/mol. The van der Waals surface area contributed by atoms with Crippen LogP contribution < -0.4 is 5.73 Å². The molecule has 3 aliphatic rings. The van der Waals surface area contributed by atoms with Crippen molar-refractivity contribution in [1.82, 2.24) is 9.88 Å². The lowest BCUT2D eigenvalue weighted by atomic mass is 9.76. The second-order valence-corrected chi connectivity index (χ2v) is 23.0. The lowest BCUT2D eigenvalue weighted by Crippen LogP contribution is -2.62. The van der Waals surface area contributed by atoms with Crippen LogP contribution in [-0.4, -0.2) is 150 Å². The Morgan fingerprint density at radius 3 is 2.09 bits per heavy atom. The van der Waals surface area contributed by atoms with Crippen molar-refractivity contribution >= 4 is 34.9 Å². The predicted molar refractivity (Wildman–Crippen MR) is 303 cm³/mol. The van der Waals surface area contributed by atoms with Crippen LogP contribution in [0.1, 0.15) is 121 Å². The molecule has 0 saturated carbocycles. The highest BCUT2D eigenvalue weighted by Crippen LogP contribution is 2.43. The number of rotatable bonds is 15. The Morgan fingerprint density at radius 2 is 1.46 bits per heavy atom. The zero-order valence-corrected chi connectivity index (χ0v) is 48.8. The third kappa shape index (κ3) is 14.2. The summed E-state index contributed by atoms with van der Waals surface area (Å²) in [6, 6.07) is 26.9. The summed E-state index contributed by atoms with van der Waals surface area (Å²) in [6.07, 6.45) is -3.94. The molecule has 3 aromatic carbocycles. The number of nitrogens with two attached hydrogens (primary N) is 1. The van der Waals surface area contributed by atoms with Gasteiger partial charge in [0.2, 0.25) is 0 Å². The van der Waals surface area contributed by atoms with E-state index in [1.54, 1.807) is 82.4 Å². The van der Waals surface area contributed by atoms with Crippen LogP contribution in [0.25, 0.3) is 17.0 Å². The molecule has 80 heavy (non-hydrogen) atoms. The van der Waals surface area contributed by atoms with Gasteiger partial charge in [-0.15, -0.1) is 0 Å². The molecule has 1 aromatic heterocycles. The number of aliphatic hydroxyl groups excluding tert-OH is 1. The molecule has 4 heterocycles. The van der Waals surface area contributed by atoms with Gasteiger partial charge in [-0.05, 0) is 117 Å². The van der Waals surface area contributed by atoms with Gasteiger partial charge in [-0.2, -0.15) is 0 Å². The van der Waals surface area contributed by atoms with Crippen molar-refractivity contribution in [3.8, 4) is 0 Å². The minimum absolute atomic E-state index is 0.0322. The number of nitrogens with zero attached hydrogens (tertiary/aromatic N) is 2. The molecule has 4 N–H and O–H groups in total. The molecule has 2 fully saturated rings. The van der Waals surface area contributed by atoms with Crippen LogP contribution in [0.5, 0.6) is 0 Å². The first-order valence-corrected chi connectivity index (χ1v) is 28.0. The Labute approximate surface area is 472 Å². The summed E-state index contributed by atoms with van der Waals surface area (Å²) in [5.41, 5.74) is 5.84. The van der Waals surface area contributed by atoms with Crippen LogP contribution >= 0.6 is 0 Å². The second kappa shape index (κ2) is 26.5. The minimum atomic E-state index is -1.97. The quantitative estimate of drug-likeness (QED) is 0.0748. The molecule has 2 saturated heterocycles. The van der Waals surface area contributed by atoms with E-state index in [-0.39, 0.29) is 43.7 Å². The van der Waals surface area contributed by atoms with Crippen molar-refractivity contribution in [1.29, 1.82) is 0 Å². The van der Waals surface area contributed by atoms with Gasteiger partial charge in [0.05, 0.1) is 71.3 Å². The zero-order chi connectivity index (χ0) is 58.3. The highest BCUT2D eigenvalue weighted by Gasteiger charge is 2.55. The van der Waals surface area contributed by atoms with E-state index in [0.717, 1.165) is 16.5 Å². The molecule has 436 valence electrons. The first-order chi connectivity index (χ1) is 37.9. The molecule has 0 aliphatic carbocycles. The van der Waals surface area contributed by atoms with Crippen molar-refractivity contribution < 1.29 is 67.2 Å². The fraction of sp³-hybridized carbons (Fsp3) is 0.556. The Bertz CT molecular complexity index is 2780. The summed E-state index contributed by atoms with van der Waals surface area (Å²) in [5.74, 6) is -4.69. The van der Waals surface area contributed by atoms with Crippen molar-refractivity contribution in [3.05, 3.63) is 131 Å².